The van der Waals surface area contributed by atoms with E-state index in [0.29, 0.717) is 5.75 Å². The summed E-state index contributed by atoms with van der Waals surface area (Å²) in [6.07, 6.45) is 2.97. The van der Waals surface area contributed by atoms with Gasteiger partial charge in [-0.25, -0.2) is 0 Å². The number of nitro benzene ring substituents is 1. The molecule has 1 aromatic carbocycles. The van der Waals surface area contributed by atoms with Gasteiger partial charge in [-0.05, 0) is 6.07 Å². The summed E-state index contributed by atoms with van der Waals surface area (Å²) < 4.78 is 9.99. The number of benzene rings is 1. The van der Waals surface area contributed by atoms with Crippen molar-refractivity contribution in [2.24, 2.45) is 0 Å². The number of nitro groups is 1. The number of ether oxygens (including phenoxy) is 1. The number of hydrogen-bond acceptors (Lipinski definition) is 5. The van der Waals surface area contributed by atoms with Crippen molar-refractivity contribution < 1.29 is 14.2 Å². The van der Waals surface area contributed by atoms with E-state index in [2.05, 4.69) is 9.68 Å². The number of nitrogens with zero attached hydrogens (tertiary/aromatic N) is 2. The minimum Gasteiger partial charge on any atom is -0.489 e. The molecule has 0 spiro atoms. The highest BCUT2D eigenvalue weighted by molar-refractivity contribution is 6.32. The van der Waals surface area contributed by atoms with E-state index in [-0.39, 0.29) is 17.3 Å². The van der Waals surface area contributed by atoms with Gasteiger partial charge in [-0.15, -0.1) is 0 Å². The van der Waals surface area contributed by atoms with Crippen LogP contribution in [0.25, 0.3) is 0 Å². The van der Waals surface area contributed by atoms with Gasteiger partial charge in [0.15, 0.2) is 0 Å². The van der Waals surface area contributed by atoms with Crippen LogP contribution in [0.3, 0.4) is 0 Å². The monoisotopic (exact) mass is 254 g/mol. The number of aromatic nitrogens is 1. The fourth-order valence-electron chi connectivity index (χ4n) is 1.19. The van der Waals surface area contributed by atoms with Crippen molar-refractivity contribution in [3.8, 4) is 5.75 Å². The second-order valence-electron chi connectivity index (χ2n) is 3.19. The fourth-order valence-corrected chi connectivity index (χ4v) is 1.43. The third-order valence-electron chi connectivity index (χ3n) is 2.00. The van der Waals surface area contributed by atoms with Gasteiger partial charge in [-0.1, -0.05) is 16.8 Å². The third kappa shape index (κ3) is 2.73. The standard InChI is InChI=1S/C10H7ClN2O4/c11-9-3-8(1-2-10(9)13(14)15)16-5-7-4-12-17-6-7/h1-4,6H,5H2. The Morgan fingerprint density at radius 2 is 2.35 bits per heavy atom. The maximum Gasteiger partial charge on any atom is 0.288 e. The third-order valence-corrected chi connectivity index (χ3v) is 2.31. The lowest BCUT2D eigenvalue weighted by Crippen LogP contribution is -1.95. The van der Waals surface area contributed by atoms with Gasteiger partial charge in [0.2, 0.25) is 0 Å². The molecular weight excluding hydrogens is 248 g/mol. The lowest BCUT2D eigenvalue weighted by atomic mass is 10.3. The summed E-state index contributed by atoms with van der Waals surface area (Å²) in [5.74, 6) is 0.446. The Kier molecular flexibility index (Phi) is 3.24. The average Bonchev–Trinajstić information content (AvgIpc) is 2.78. The maximum absolute atomic E-state index is 10.5. The van der Waals surface area contributed by atoms with E-state index in [1.807, 2.05) is 0 Å². The summed E-state index contributed by atoms with van der Waals surface area (Å²) >= 11 is 5.73. The van der Waals surface area contributed by atoms with Gasteiger partial charge in [-0.3, -0.25) is 10.1 Å². The molecule has 0 unspecified atom stereocenters. The van der Waals surface area contributed by atoms with Crippen LogP contribution in [0.1, 0.15) is 5.56 Å². The predicted molar refractivity (Wildman–Crippen MR) is 58.9 cm³/mol. The van der Waals surface area contributed by atoms with Gasteiger partial charge in [0.1, 0.15) is 23.6 Å². The van der Waals surface area contributed by atoms with Crippen LogP contribution in [0.4, 0.5) is 5.69 Å². The molecule has 17 heavy (non-hydrogen) atoms. The van der Waals surface area contributed by atoms with Crippen LogP contribution in [0.15, 0.2) is 35.2 Å². The molecule has 0 saturated carbocycles. The molecule has 0 N–H and O–H groups in total. The second kappa shape index (κ2) is 4.84. The Hall–Kier alpha value is -2.08. The largest absolute Gasteiger partial charge is 0.489 e. The van der Waals surface area contributed by atoms with Crippen molar-refractivity contribution in [2.45, 2.75) is 6.61 Å². The smallest absolute Gasteiger partial charge is 0.288 e. The zero-order chi connectivity index (χ0) is 12.3. The molecule has 0 aliphatic heterocycles. The van der Waals surface area contributed by atoms with Crippen molar-refractivity contribution in [3.05, 3.63) is 51.4 Å². The van der Waals surface area contributed by atoms with Gasteiger partial charge in [0.05, 0.1) is 11.1 Å². The van der Waals surface area contributed by atoms with Crippen LogP contribution in [-0.2, 0) is 6.61 Å². The molecule has 88 valence electrons. The zero-order valence-corrected chi connectivity index (χ0v) is 9.26. The summed E-state index contributed by atoms with van der Waals surface area (Å²) in [5.41, 5.74) is 0.614. The van der Waals surface area contributed by atoms with Gasteiger partial charge in [0, 0.05) is 17.7 Å². The molecule has 7 heteroatoms. The van der Waals surface area contributed by atoms with Crippen LogP contribution in [0.2, 0.25) is 5.02 Å². The van der Waals surface area contributed by atoms with E-state index >= 15 is 0 Å². The molecular formula is C10H7ClN2O4. The Morgan fingerprint density at radius 1 is 1.53 bits per heavy atom. The fraction of sp³-hybridized carbons (Fsp3) is 0.100. The van der Waals surface area contributed by atoms with Crippen LogP contribution >= 0.6 is 11.6 Å². The Balaban J connectivity index is 2.07. The highest BCUT2D eigenvalue weighted by atomic mass is 35.5. The zero-order valence-electron chi connectivity index (χ0n) is 8.50. The maximum atomic E-state index is 10.5. The summed E-state index contributed by atoms with van der Waals surface area (Å²) in [6.45, 7) is 0.262. The highest BCUT2D eigenvalue weighted by Crippen LogP contribution is 2.28. The molecule has 2 rings (SSSR count). The lowest BCUT2D eigenvalue weighted by Gasteiger charge is -2.04. The van der Waals surface area contributed by atoms with E-state index in [9.17, 15) is 10.1 Å². The first-order valence-electron chi connectivity index (χ1n) is 4.62. The van der Waals surface area contributed by atoms with Crippen molar-refractivity contribution >= 4 is 17.3 Å². The van der Waals surface area contributed by atoms with E-state index in [1.165, 1.54) is 30.7 Å². The normalized spacial score (nSPS) is 10.2. The summed E-state index contributed by atoms with van der Waals surface area (Å²) in [6, 6.07) is 4.18. The van der Waals surface area contributed by atoms with Gasteiger partial charge in [-0.2, -0.15) is 0 Å². The van der Waals surface area contributed by atoms with Crippen molar-refractivity contribution in [2.75, 3.05) is 0 Å². The number of hydrogen-bond donors (Lipinski definition) is 0. The van der Waals surface area contributed by atoms with Crippen molar-refractivity contribution in [1.29, 1.82) is 0 Å². The van der Waals surface area contributed by atoms with Crippen molar-refractivity contribution in [3.63, 3.8) is 0 Å². The molecule has 1 heterocycles. The van der Waals surface area contributed by atoms with Gasteiger partial charge >= 0.3 is 0 Å². The molecule has 0 saturated heterocycles. The molecule has 0 aliphatic carbocycles. The van der Waals surface area contributed by atoms with Crippen LogP contribution in [-0.4, -0.2) is 10.1 Å². The van der Waals surface area contributed by atoms with Gasteiger partial charge < -0.3 is 9.26 Å². The molecule has 0 atom stereocenters. The first kappa shape index (κ1) is 11.4. The van der Waals surface area contributed by atoms with E-state index < -0.39 is 4.92 Å². The molecule has 6 nitrogen and oxygen atoms in total. The topological polar surface area (TPSA) is 78.4 Å². The van der Waals surface area contributed by atoms with Crippen LogP contribution in [0.5, 0.6) is 5.75 Å². The lowest BCUT2D eigenvalue weighted by molar-refractivity contribution is -0.384. The van der Waals surface area contributed by atoms with Crippen LogP contribution < -0.4 is 4.74 Å². The van der Waals surface area contributed by atoms with Gasteiger partial charge in [0.25, 0.3) is 5.69 Å². The molecule has 1 aromatic heterocycles. The number of rotatable bonds is 4. The molecule has 0 bridgehead atoms. The Morgan fingerprint density at radius 3 is 2.94 bits per heavy atom. The Labute approximate surface area is 101 Å². The molecule has 0 fully saturated rings. The minimum absolute atomic E-state index is 0.0396. The highest BCUT2D eigenvalue weighted by Gasteiger charge is 2.12. The van der Waals surface area contributed by atoms with E-state index in [1.54, 1.807) is 0 Å². The Bertz CT molecular complexity index is 527. The first-order valence-corrected chi connectivity index (χ1v) is 4.99. The first-order chi connectivity index (χ1) is 8.16. The molecule has 0 amide bonds. The number of halogens is 1. The summed E-state index contributed by atoms with van der Waals surface area (Å²) in [5, 5.41) is 14.1. The average molecular weight is 255 g/mol. The minimum atomic E-state index is -0.549. The molecule has 0 aliphatic rings. The summed E-state index contributed by atoms with van der Waals surface area (Å²) in [4.78, 5) is 9.99. The van der Waals surface area contributed by atoms with Crippen molar-refractivity contribution in [1.82, 2.24) is 5.16 Å². The summed E-state index contributed by atoms with van der Waals surface area (Å²) in [7, 11) is 0. The molecule has 2 aromatic rings. The predicted octanol–water partition coefficient (Wildman–Crippen LogP) is 2.82. The SMILES string of the molecule is O=[N+]([O-])c1ccc(OCc2cnoc2)cc1Cl. The molecule has 0 radical (unpaired) electrons. The quantitative estimate of drug-likeness (QED) is 0.619. The second-order valence-corrected chi connectivity index (χ2v) is 3.60. The van der Waals surface area contributed by atoms with Crippen LogP contribution in [0, 0.1) is 10.1 Å². The van der Waals surface area contributed by atoms with E-state index in [4.69, 9.17) is 16.3 Å². The van der Waals surface area contributed by atoms with E-state index in [0.717, 1.165) is 5.56 Å².